The lowest BCUT2D eigenvalue weighted by Gasteiger charge is -2.06. The second kappa shape index (κ2) is 8.20. The van der Waals surface area contributed by atoms with Crippen molar-refractivity contribution in [2.45, 2.75) is 12.4 Å². The maximum absolute atomic E-state index is 13.4. The van der Waals surface area contributed by atoms with E-state index in [1.54, 1.807) is 36.4 Å². The van der Waals surface area contributed by atoms with Gasteiger partial charge >= 0.3 is 12.4 Å². The molecule has 0 saturated carbocycles. The predicted molar refractivity (Wildman–Crippen MR) is 123 cm³/mol. The van der Waals surface area contributed by atoms with Gasteiger partial charge in [-0.25, -0.2) is 0 Å². The summed E-state index contributed by atoms with van der Waals surface area (Å²) in [5.74, 6) is 1.08. The minimum absolute atomic E-state index is 0.0924. The van der Waals surface area contributed by atoms with Gasteiger partial charge in [0.1, 0.15) is 17.2 Å². The highest BCUT2D eigenvalue weighted by molar-refractivity contribution is 7.50. The fourth-order valence-electron chi connectivity index (χ4n) is 3.86. The van der Waals surface area contributed by atoms with Crippen LogP contribution in [-0.4, -0.2) is 5.11 Å². The molecule has 0 aliphatic carbocycles. The summed E-state index contributed by atoms with van der Waals surface area (Å²) in [5.41, 5.74) is -1.83. The molecule has 35 heavy (non-hydrogen) atoms. The zero-order valence-corrected chi connectivity index (χ0v) is 18.4. The molecule has 0 unspecified atom stereocenters. The molecule has 0 saturated heterocycles. The Kier molecular flexibility index (Phi) is 5.40. The Hall–Kier alpha value is -3.72. The van der Waals surface area contributed by atoms with E-state index in [0.29, 0.717) is 20.9 Å². The number of alkyl halides is 6. The number of phenols is 1. The van der Waals surface area contributed by atoms with Crippen molar-refractivity contribution in [3.8, 4) is 22.1 Å². The van der Waals surface area contributed by atoms with E-state index < -0.39 is 33.9 Å². The van der Waals surface area contributed by atoms with Gasteiger partial charge in [-0.15, -0.1) is 0 Å². The molecule has 0 aliphatic heterocycles. The molecule has 0 aliphatic rings. The summed E-state index contributed by atoms with van der Waals surface area (Å²) in [4.78, 5) is 0.725. The zero-order chi connectivity index (χ0) is 25.0. The monoisotopic (exact) mass is 505 g/mol. The maximum atomic E-state index is 13.4. The van der Waals surface area contributed by atoms with E-state index >= 15 is 0 Å². The molecule has 0 atom stereocenters. The number of phenolic OH excluding ortho intramolecular Hbond substituents is 1. The molecule has 1 aromatic heterocycles. The first-order valence-corrected chi connectivity index (χ1v) is 11.5. The Morgan fingerprint density at radius 2 is 1.00 bits per heavy atom. The van der Waals surface area contributed by atoms with Gasteiger partial charge in [-0.05, 0) is 72.8 Å². The molecule has 0 bridgehead atoms. The van der Waals surface area contributed by atoms with Crippen LogP contribution in [0.2, 0.25) is 0 Å². The van der Waals surface area contributed by atoms with E-state index in [4.69, 9.17) is 4.74 Å². The summed E-state index contributed by atoms with van der Waals surface area (Å²) < 4.78 is 87.0. The summed E-state index contributed by atoms with van der Waals surface area (Å²) in [6, 6.07) is 19.4. The third-order valence-electron chi connectivity index (χ3n) is 5.48. The second-order valence-corrected chi connectivity index (χ2v) is 9.75. The number of halogens is 6. The Morgan fingerprint density at radius 3 is 1.43 bits per heavy atom. The molecule has 5 aromatic rings. The Morgan fingerprint density at radius 1 is 0.571 bits per heavy atom. The molecular formula is C26H15F6O2S+. The van der Waals surface area contributed by atoms with Gasteiger partial charge in [0.25, 0.3) is 0 Å². The van der Waals surface area contributed by atoms with Gasteiger partial charge in [0, 0.05) is 33.4 Å². The fourth-order valence-corrected chi connectivity index (χ4v) is 6.19. The number of fused-ring (bicyclic) bond motifs is 3. The van der Waals surface area contributed by atoms with Crippen LogP contribution < -0.4 is 4.74 Å². The number of aromatic hydroxyl groups is 1. The van der Waals surface area contributed by atoms with Crippen LogP contribution in [0.1, 0.15) is 11.1 Å². The Balaban J connectivity index is 1.65. The van der Waals surface area contributed by atoms with Crippen molar-refractivity contribution in [1.29, 1.82) is 0 Å². The number of ether oxygens (including phenoxy) is 1. The maximum Gasteiger partial charge on any atom is 0.416 e. The van der Waals surface area contributed by atoms with Gasteiger partial charge in [0.05, 0.1) is 11.1 Å². The third-order valence-corrected chi connectivity index (χ3v) is 7.81. The van der Waals surface area contributed by atoms with Crippen molar-refractivity contribution >= 4 is 30.6 Å². The van der Waals surface area contributed by atoms with E-state index in [-0.39, 0.29) is 16.5 Å². The highest BCUT2D eigenvalue weighted by atomic mass is 32.2. The molecule has 9 heteroatoms. The highest BCUT2D eigenvalue weighted by Crippen LogP contribution is 2.50. The highest BCUT2D eigenvalue weighted by Gasteiger charge is 2.35. The zero-order valence-electron chi connectivity index (χ0n) is 17.6. The number of thiophene rings is 1. The lowest BCUT2D eigenvalue weighted by Crippen LogP contribution is -2.04. The van der Waals surface area contributed by atoms with Crippen LogP contribution in [-0.2, 0) is 12.4 Å². The van der Waals surface area contributed by atoms with E-state index in [9.17, 15) is 31.4 Å². The molecule has 2 nitrogen and oxygen atoms in total. The number of hydrogen-bond donors (Lipinski definition) is 1. The van der Waals surface area contributed by atoms with Crippen molar-refractivity contribution in [1.82, 2.24) is 0 Å². The predicted octanol–water partition coefficient (Wildman–Crippen LogP) is 9.27. The van der Waals surface area contributed by atoms with Crippen molar-refractivity contribution < 1.29 is 36.2 Å². The van der Waals surface area contributed by atoms with Crippen LogP contribution in [0, 0.1) is 0 Å². The van der Waals surface area contributed by atoms with Crippen molar-refractivity contribution in [2.75, 3.05) is 0 Å². The van der Waals surface area contributed by atoms with Crippen LogP contribution in [0.3, 0.4) is 0 Å². The molecule has 1 N–H and O–H groups in total. The van der Waals surface area contributed by atoms with Crippen molar-refractivity contribution in [3.63, 3.8) is 0 Å². The van der Waals surface area contributed by atoms with E-state index in [2.05, 4.69) is 0 Å². The molecule has 178 valence electrons. The molecule has 4 aromatic carbocycles. The molecule has 0 fully saturated rings. The SMILES string of the molecule is Oc1ccc(Oc2ccc(-[s+]3c4ccc(C(F)(F)F)cc4c4cc(C(F)(F)F)ccc43)cc2)cc1. The molecule has 0 amide bonds. The molecule has 5 rings (SSSR count). The first-order valence-electron chi connectivity index (χ1n) is 10.2. The smallest absolute Gasteiger partial charge is 0.416 e. The Labute approximate surface area is 197 Å². The van der Waals surface area contributed by atoms with E-state index in [1.165, 1.54) is 24.3 Å². The first kappa shape index (κ1) is 23.0. The van der Waals surface area contributed by atoms with Crippen LogP contribution in [0.15, 0.2) is 84.9 Å². The first-order chi connectivity index (χ1) is 16.5. The summed E-state index contributed by atoms with van der Waals surface area (Å²) in [6.07, 6.45) is -9.24. The minimum Gasteiger partial charge on any atom is -0.508 e. The summed E-state index contributed by atoms with van der Waals surface area (Å²) in [6.45, 7) is 0. The lowest BCUT2D eigenvalue weighted by atomic mass is 10.1. The number of benzene rings is 4. The van der Waals surface area contributed by atoms with Gasteiger partial charge in [0.2, 0.25) is 0 Å². The fraction of sp³-hybridized carbons (Fsp3) is 0.0769. The van der Waals surface area contributed by atoms with Crippen molar-refractivity contribution in [2.24, 2.45) is 0 Å². The molecular weight excluding hydrogens is 490 g/mol. The topological polar surface area (TPSA) is 29.5 Å². The summed E-state index contributed by atoms with van der Waals surface area (Å²) in [5, 5.41) is 9.68. The van der Waals surface area contributed by atoms with Crippen molar-refractivity contribution in [3.05, 3.63) is 96.1 Å². The van der Waals surface area contributed by atoms with Crippen LogP contribution in [0.25, 0.3) is 25.1 Å². The van der Waals surface area contributed by atoms with E-state index in [0.717, 1.165) is 29.2 Å². The van der Waals surface area contributed by atoms with Crippen LogP contribution in [0.5, 0.6) is 17.2 Å². The van der Waals surface area contributed by atoms with Crippen LogP contribution >= 0.6 is 10.5 Å². The molecule has 1 heterocycles. The van der Waals surface area contributed by atoms with E-state index in [1.807, 2.05) is 0 Å². The number of rotatable bonds is 3. The summed E-state index contributed by atoms with van der Waals surface area (Å²) >= 11 is 0. The molecule has 0 radical (unpaired) electrons. The summed E-state index contributed by atoms with van der Waals surface area (Å²) in [7, 11) is -0.892. The van der Waals surface area contributed by atoms with Gasteiger partial charge in [-0.3, -0.25) is 0 Å². The average Bonchev–Trinajstić information content (AvgIpc) is 3.13. The van der Waals surface area contributed by atoms with Gasteiger partial charge in [-0.1, -0.05) is 0 Å². The standard InChI is InChI=1S/C26H14F6O2S/c27-25(28,29)15-1-11-23-21(13-15)22-14-16(26(30,31)32)2-12-24(22)35(23)20-9-7-19(8-10-20)34-18-5-3-17(33)4-6-18/h1-14H/p+1. The minimum atomic E-state index is -4.62. The normalized spacial score (nSPS) is 12.4. The molecule has 0 spiro atoms. The lowest BCUT2D eigenvalue weighted by molar-refractivity contribution is -0.138. The average molecular weight is 505 g/mol. The number of hydrogen-bond acceptors (Lipinski definition) is 2. The van der Waals surface area contributed by atoms with Gasteiger partial charge in [0.15, 0.2) is 14.3 Å². The third kappa shape index (κ3) is 4.39. The largest absolute Gasteiger partial charge is 0.508 e. The second-order valence-electron chi connectivity index (χ2n) is 7.79. The van der Waals surface area contributed by atoms with Gasteiger partial charge in [-0.2, -0.15) is 26.3 Å². The Bertz CT molecular complexity index is 1460. The quantitative estimate of drug-likeness (QED) is 0.196. The van der Waals surface area contributed by atoms with Gasteiger partial charge < -0.3 is 9.84 Å². The van der Waals surface area contributed by atoms with Crippen LogP contribution in [0.4, 0.5) is 26.3 Å².